The Morgan fingerprint density at radius 1 is 1.21 bits per heavy atom. The quantitative estimate of drug-likeness (QED) is 0.434. The van der Waals surface area contributed by atoms with Crippen LogP contribution in [0.5, 0.6) is 0 Å². The standard InChI is InChI=1S/C21H19ClN4O2S/c1-12-8-15(22)5-6-16(12)21-23-13(2)19(29-21)10-20(27)28-11-14-4-7-18-17(9-14)24-25-26(18)3/h4-9H,10-11H2,1-3H3. The van der Waals surface area contributed by atoms with Crippen molar-refractivity contribution >= 4 is 39.9 Å². The lowest BCUT2D eigenvalue weighted by molar-refractivity contribution is -0.144. The van der Waals surface area contributed by atoms with Crippen LogP contribution >= 0.6 is 22.9 Å². The molecule has 2 aromatic heterocycles. The number of benzene rings is 2. The Morgan fingerprint density at radius 2 is 2.03 bits per heavy atom. The van der Waals surface area contributed by atoms with Crippen molar-refractivity contribution in [3.8, 4) is 10.6 Å². The average molecular weight is 427 g/mol. The number of thiazole rings is 1. The number of aryl methyl sites for hydroxylation is 3. The average Bonchev–Trinajstić information content (AvgIpc) is 3.23. The molecule has 0 atom stereocenters. The van der Waals surface area contributed by atoms with Gasteiger partial charge in [0.25, 0.3) is 0 Å². The summed E-state index contributed by atoms with van der Waals surface area (Å²) in [7, 11) is 1.84. The lowest BCUT2D eigenvalue weighted by Gasteiger charge is -2.05. The van der Waals surface area contributed by atoms with Gasteiger partial charge in [-0.1, -0.05) is 28.9 Å². The summed E-state index contributed by atoms with van der Waals surface area (Å²) in [6, 6.07) is 11.4. The lowest BCUT2D eigenvalue weighted by atomic mass is 10.1. The highest BCUT2D eigenvalue weighted by atomic mass is 35.5. The van der Waals surface area contributed by atoms with Gasteiger partial charge < -0.3 is 4.74 Å². The van der Waals surface area contributed by atoms with E-state index in [0.29, 0.717) is 5.02 Å². The number of ether oxygens (including phenoxy) is 1. The SMILES string of the molecule is Cc1cc(Cl)ccc1-c1nc(C)c(CC(=O)OCc2ccc3c(c2)nnn3C)s1. The summed E-state index contributed by atoms with van der Waals surface area (Å²) in [5.74, 6) is -0.282. The molecule has 2 heterocycles. The summed E-state index contributed by atoms with van der Waals surface area (Å²) in [6.07, 6.45) is 0.198. The van der Waals surface area contributed by atoms with Gasteiger partial charge >= 0.3 is 5.97 Å². The first-order valence-corrected chi connectivity index (χ1v) is 10.3. The molecule has 148 valence electrons. The predicted molar refractivity (Wildman–Crippen MR) is 114 cm³/mol. The molecule has 29 heavy (non-hydrogen) atoms. The number of fused-ring (bicyclic) bond motifs is 1. The molecule has 0 unspecified atom stereocenters. The van der Waals surface area contributed by atoms with Gasteiger partial charge in [0, 0.05) is 22.5 Å². The molecule has 2 aromatic carbocycles. The van der Waals surface area contributed by atoms with E-state index in [9.17, 15) is 4.79 Å². The minimum absolute atomic E-state index is 0.198. The van der Waals surface area contributed by atoms with Gasteiger partial charge in [-0.15, -0.1) is 16.4 Å². The molecule has 0 aliphatic carbocycles. The molecule has 6 nitrogen and oxygen atoms in total. The molecule has 0 N–H and O–H groups in total. The molecule has 0 radical (unpaired) electrons. The zero-order valence-corrected chi connectivity index (χ0v) is 17.8. The maximum atomic E-state index is 12.4. The molecule has 8 heteroatoms. The molecule has 0 aliphatic rings. The van der Waals surface area contributed by atoms with Crippen molar-refractivity contribution in [3.63, 3.8) is 0 Å². The third-order valence-electron chi connectivity index (χ3n) is 4.69. The summed E-state index contributed by atoms with van der Waals surface area (Å²) < 4.78 is 7.17. The predicted octanol–water partition coefficient (Wildman–Crippen LogP) is 4.65. The van der Waals surface area contributed by atoms with Gasteiger partial charge in [-0.05, 0) is 49.2 Å². The van der Waals surface area contributed by atoms with Crippen molar-refractivity contribution in [3.05, 3.63) is 63.1 Å². The van der Waals surface area contributed by atoms with Crippen LogP contribution in [0.2, 0.25) is 5.02 Å². The Morgan fingerprint density at radius 3 is 2.83 bits per heavy atom. The molecule has 0 amide bonds. The van der Waals surface area contributed by atoms with Gasteiger partial charge in [-0.25, -0.2) is 9.67 Å². The number of halogens is 1. The van der Waals surface area contributed by atoms with E-state index in [0.717, 1.165) is 43.3 Å². The normalized spacial score (nSPS) is 11.2. The van der Waals surface area contributed by atoms with E-state index in [1.807, 2.05) is 57.3 Å². The number of esters is 1. The van der Waals surface area contributed by atoms with Crippen molar-refractivity contribution < 1.29 is 9.53 Å². The van der Waals surface area contributed by atoms with Crippen LogP contribution in [-0.2, 0) is 29.6 Å². The first-order valence-electron chi connectivity index (χ1n) is 9.07. The maximum Gasteiger partial charge on any atom is 0.311 e. The maximum absolute atomic E-state index is 12.4. The van der Waals surface area contributed by atoms with Crippen molar-refractivity contribution in [2.75, 3.05) is 0 Å². The smallest absolute Gasteiger partial charge is 0.311 e. The van der Waals surface area contributed by atoms with E-state index in [2.05, 4.69) is 15.3 Å². The molecule has 4 aromatic rings. The zero-order valence-electron chi connectivity index (χ0n) is 16.3. The van der Waals surface area contributed by atoms with Crippen LogP contribution in [0.25, 0.3) is 21.6 Å². The Kier molecular flexibility index (Phi) is 5.34. The lowest BCUT2D eigenvalue weighted by Crippen LogP contribution is -2.07. The van der Waals surface area contributed by atoms with Crippen LogP contribution in [0.15, 0.2) is 36.4 Å². The number of carbonyl (C=O) groups is 1. The summed E-state index contributed by atoms with van der Waals surface area (Å²) in [5, 5.41) is 9.65. The van der Waals surface area contributed by atoms with E-state index in [1.54, 1.807) is 4.68 Å². The number of hydrogen-bond donors (Lipinski definition) is 0. The van der Waals surface area contributed by atoms with E-state index in [-0.39, 0.29) is 19.0 Å². The van der Waals surface area contributed by atoms with Crippen LogP contribution in [0.1, 0.15) is 21.7 Å². The molecule has 0 bridgehead atoms. The fourth-order valence-electron chi connectivity index (χ4n) is 3.10. The number of hydrogen-bond acceptors (Lipinski definition) is 6. The van der Waals surface area contributed by atoms with Crippen LogP contribution < -0.4 is 0 Å². The van der Waals surface area contributed by atoms with E-state index in [4.69, 9.17) is 16.3 Å². The van der Waals surface area contributed by atoms with Gasteiger partial charge in [0.05, 0.1) is 17.6 Å². The fraction of sp³-hybridized carbons (Fsp3) is 0.238. The number of rotatable bonds is 5. The van der Waals surface area contributed by atoms with Crippen molar-refractivity contribution in [2.45, 2.75) is 26.9 Å². The number of carbonyl (C=O) groups excluding carboxylic acids is 1. The summed E-state index contributed by atoms with van der Waals surface area (Å²) >= 11 is 7.55. The Bertz CT molecular complexity index is 1210. The molecular formula is C21H19ClN4O2S. The minimum Gasteiger partial charge on any atom is -0.461 e. The number of aromatic nitrogens is 4. The Labute approximate surface area is 177 Å². The Balaban J connectivity index is 1.43. The van der Waals surface area contributed by atoms with Gasteiger partial charge in [-0.2, -0.15) is 0 Å². The van der Waals surface area contributed by atoms with Gasteiger partial charge in [0.1, 0.15) is 17.1 Å². The third-order valence-corrected chi connectivity index (χ3v) is 6.12. The van der Waals surface area contributed by atoms with Crippen molar-refractivity contribution in [1.82, 2.24) is 20.0 Å². The van der Waals surface area contributed by atoms with Crippen LogP contribution in [-0.4, -0.2) is 25.9 Å². The van der Waals surface area contributed by atoms with Gasteiger partial charge in [0.2, 0.25) is 0 Å². The molecular weight excluding hydrogens is 408 g/mol. The largest absolute Gasteiger partial charge is 0.461 e. The van der Waals surface area contributed by atoms with Crippen LogP contribution in [0.3, 0.4) is 0 Å². The highest BCUT2D eigenvalue weighted by Crippen LogP contribution is 2.32. The zero-order chi connectivity index (χ0) is 20.5. The van der Waals surface area contributed by atoms with Gasteiger partial charge in [0.15, 0.2) is 0 Å². The fourth-order valence-corrected chi connectivity index (χ4v) is 4.46. The second-order valence-electron chi connectivity index (χ2n) is 6.86. The third kappa shape index (κ3) is 4.16. The first-order chi connectivity index (χ1) is 13.9. The molecule has 0 saturated carbocycles. The topological polar surface area (TPSA) is 69.9 Å². The highest BCUT2D eigenvalue weighted by Gasteiger charge is 2.15. The molecule has 0 aliphatic heterocycles. The summed E-state index contributed by atoms with van der Waals surface area (Å²) in [4.78, 5) is 17.9. The minimum atomic E-state index is -0.282. The highest BCUT2D eigenvalue weighted by molar-refractivity contribution is 7.15. The second kappa shape index (κ2) is 7.93. The Hall–Kier alpha value is -2.77. The molecule has 4 rings (SSSR count). The van der Waals surface area contributed by atoms with Crippen LogP contribution in [0, 0.1) is 13.8 Å². The number of nitrogens with zero attached hydrogens (tertiary/aromatic N) is 4. The molecule has 0 spiro atoms. The summed E-state index contributed by atoms with van der Waals surface area (Å²) in [6.45, 7) is 4.11. The summed E-state index contributed by atoms with van der Waals surface area (Å²) in [5.41, 5.74) is 5.52. The first kappa shape index (κ1) is 19.5. The molecule has 0 fully saturated rings. The van der Waals surface area contributed by atoms with E-state index < -0.39 is 0 Å². The van der Waals surface area contributed by atoms with Crippen molar-refractivity contribution in [1.29, 1.82) is 0 Å². The van der Waals surface area contributed by atoms with Crippen molar-refractivity contribution in [2.24, 2.45) is 7.05 Å². The van der Waals surface area contributed by atoms with E-state index >= 15 is 0 Å². The van der Waals surface area contributed by atoms with Gasteiger partial charge in [-0.3, -0.25) is 4.79 Å². The molecule has 0 saturated heterocycles. The monoisotopic (exact) mass is 426 g/mol. The van der Waals surface area contributed by atoms with E-state index in [1.165, 1.54) is 11.3 Å². The second-order valence-corrected chi connectivity index (χ2v) is 8.38. The van der Waals surface area contributed by atoms with Crippen LogP contribution in [0.4, 0.5) is 0 Å².